The van der Waals surface area contributed by atoms with Crippen LogP contribution in [0.15, 0.2) is 72.8 Å². The number of anilines is 1. The Bertz CT molecular complexity index is 1120. The van der Waals surface area contributed by atoms with Crippen LogP contribution in [-0.2, 0) is 17.6 Å². The molecule has 0 aliphatic carbocycles. The van der Waals surface area contributed by atoms with E-state index >= 15 is 0 Å². The average Bonchev–Trinajstić information content (AvgIpc) is 2.93. The molecular formula is C30H34Cl2N2O3. The number of amides is 1. The maximum absolute atomic E-state index is 12.9. The van der Waals surface area contributed by atoms with Gasteiger partial charge in [-0.25, -0.2) is 0 Å². The molecule has 5 nitrogen and oxygen atoms in total. The summed E-state index contributed by atoms with van der Waals surface area (Å²) in [6.45, 7) is 2.65. The summed E-state index contributed by atoms with van der Waals surface area (Å²) in [6, 6.07) is 24.5. The summed E-state index contributed by atoms with van der Waals surface area (Å²) in [5, 5.41) is 3.26. The van der Waals surface area contributed by atoms with Crippen LogP contribution in [0.4, 0.5) is 5.69 Å². The van der Waals surface area contributed by atoms with Crippen molar-refractivity contribution in [2.75, 3.05) is 43.0 Å². The van der Waals surface area contributed by atoms with Gasteiger partial charge in [-0.3, -0.25) is 4.79 Å². The van der Waals surface area contributed by atoms with Crippen molar-refractivity contribution in [3.05, 3.63) is 89.5 Å². The fourth-order valence-corrected chi connectivity index (χ4v) is 4.96. The molecule has 0 bridgehead atoms. The lowest BCUT2D eigenvalue weighted by Gasteiger charge is -2.23. The van der Waals surface area contributed by atoms with Crippen molar-refractivity contribution in [2.24, 2.45) is 0 Å². The number of halogens is 2. The molecule has 0 saturated carbocycles. The van der Waals surface area contributed by atoms with Crippen LogP contribution >= 0.6 is 23.2 Å². The summed E-state index contributed by atoms with van der Waals surface area (Å²) in [4.78, 5) is 15.1. The van der Waals surface area contributed by atoms with Crippen molar-refractivity contribution >= 4 is 34.8 Å². The van der Waals surface area contributed by atoms with Crippen molar-refractivity contribution < 1.29 is 14.3 Å². The maximum atomic E-state index is 12.9. The molecule has 0 radical (unpaired) electrons. The zero-order chi connectivity index (χ0) is 25.9. The fourth-order valence-electron chi connectivity index (χ4n) is 4.56. The van der Waals surface area contributed by atoms with Gasteiger partial charge in [0, 0.05) is 37.0 Å². The Morgan fingerprint density at radius 2 is 1.54 bits per heavy atom. The van der Waals surface area contributed by atoms with E-state index in [2.05, 4.69) is 46.6 Å². The molecule has 4 rings (SSSR count). The molecule has 1 amide bonds. The van der Waals surface area contributed by atoms with E-state index in [1.54, 1.807) is 0 Å². The Morgan fingerprint density at radius 3 is 2.24 bits per heavy atom. The van der Waals surface area contributed by atoms with Gasteiger partial charge in [0.05, 0.1) is 6.04 Å². The molecule has 1 aliphatic heterocycles. The largest absolute Gasteiger partial charge is 0.486 e. The minimum atomic E-state index is -0.120. The summed E-state index contributed by atoms with van der Waals surface area (Å²) < 4.78 is 11.4. The maximum Gasteiger partial charge on any atom is 0.220 e. The number of carbonyl (C=O) groups is 1. The van der Waals surface area contributed by atoms with E-state index < -0.39 is 0 Å². The van der Waals surface area contributed by atoms with Crippen LogP contribution in [0.3, 0.4) is 0 Å². The number of alkyl halides is 2. The molecule has 0 unspecified atom stereocenters. The molecule has 0 aromatic heterocycles. The number of aryl methyl sites for hydroxylation is 1. The molecule has 3 aromatic carbocycles. The molecule has 7 heteroatoms. The Kier molecular flexibility index (Phi) is 10.4. The second-order valence-corrected chi connectivity index (χ2v) is 9.85. The second-order valence-electron chi connectivity index (χ2n) is 9.10. The van der Waals surface area contributed by atoms with Crippen molar-refractivity contribution in [1.82, 2.24) is 5.32 Å². The van der Waals surface area contributed by atoms with Crippen molar-refractivity contribution in [1.29, 1.82) is 0 Å². The Balaban J connectivity index is 1.33. The molecule has 1 N–H and O–H groups in total. The zero-order valence-electron chi connectivity index (χ0n) is 21.0. The highest BCUT2D eigenvalue weighted by atomic mass is 35.5. The van der Waals surface area contributed by atoms with Crippen molar-refractivity contribution in [3.8, 4) is 11.5 Å². The second kappa shape index (κ2) is 14.2. The van der Waals surface area contributed by atoms with Crippen LogP contribution in [0.25, 0.3) is 0 Å². The van der Waals surface area contributed by atoms with Crippen LogP contribution in [0.2, 0.25) is 0 Å². The zero-order valence-corrected chi connectivity index (χ0v) is 22.5. The molecule has 37 heavy (non-hydrogen) atoms. The lowest BCUT2D eigenvalue weighted by molar-refractivity contribution is -0.121. The molecular weight excluding hydrogens is 507 g/mol. The molecule has 1 atom stereocenters. The van der Waals surface area contributed by atoms with Crippen LogP contribution in [0.5, 0.6) is 11.5 Å². The Hall–Kier alpha value is -2.89. The number of nitrogens with one attached hydrogen (secondary N) is 1. The lowest BCUT2D eigenvalue weighted by Crippen LogP contribution is -2.30. The van der Waals surface area contributed by atoms with Crippen LogP contribution in [-0.4, -0.2) is 44.0 Å². The number of fused-ring (bicyclic) bond motifs is 1. The molecule has 0 saturated heterocycles. The van der Waals surface area contributed by atoms with E-state index in [-0.39, 0.29) is 11.9 Å². The van der Waals surface area contributed by atoms with E-state index in [9.17, 15) is 4.79 Å². The number of rotatable bonds is 13. The summed E-state index contributed by atoms with van der Waals surface area (Å²) >= 11 is 11.9. The number of hydrogen-bond donors (Lipinski definition) is 1. The topological polar surface area (TPSA) is 50.8 Å². The highest BCUT2D eigenvalue weighted by molar-refractivity contribution is 6.18. The first-order chi connectivity index (χ1) is 18.2. The van der Waals surface area contributed by atoms with Gasteiger partial charge in [-0.05, 0) is 60.2 Å². The predicted molar refractivity (Wildman–Crippen MR) is 151 cm³/mol. The minimum absolute atomic E-state index is 0.0541. The van der Waals surface area contributed by atoms with E-state index in [1.807, 2.05) is 36.4 Å². The predicted octanol–water partition coefficient (Wildman–Crippen LogP) is 6.16. The smallest absolute Gasteiger partial charge is 0.220 e. The van der Waals surface area contributed by atoms with Gasteiger partial charge in [0.2, 0.25) is 5.91 Å². The lowest BCUT2D eigenvalue weighted by atomic mass is 9.98. The van der Waals surface area contributed by atoms with Gasteiger partial charge in [0.1, 0.15) is 13.2 Å². The van der Waals surface area contributed by atoms with Crippen molar-refractivity contribution in [3.63, 3.8) is 0 Å². The third kappa shape index (κ3) is 8.05. The van der Waals surface area contributed by atoms with Crippen LogP contribution < -0.4 is 19.7 Å². The summed E-state index contributed by atoms with van der Waals surface area (Å²) in [5.41, 5.74) is 4.51. The quantitative estimate of drug-likeness (QED) is 0.263. The highest BCUT2D eigenvalue weighted by Gasteiger charge is 2.18. The third-order valence-electron chi connectivity index (χ3n) is 6.46. The molecule has 0 spiro atoms. The molecule has 1 heterocycles. The van der Waals surface area contributed by atoms with Crippen molar-refractivity contribution in [2.45, 2.75) is 31.7 Å². The van der Waals surface area contributed by atoms with Gasteiger partial charge in [0.25, 0.3) is 0 Å². The summed E-state index contributed by atoms with van der Waals surface area (Å²) in [7, 11) is 0. The first-order valence-corrected chi connectivity index (χ1v) is 13.9. The first kappa shape index (κ1) is 27.2. The van der Waals surface area contributed by atoms with E-state index in [0.717, 1.165) is 54.2 Å². The van der Waals surface area contributed by atoms with Gasteiger partial charge < -0.3 is 19.7 Å². The average molecular weight is 542 g/mol. The standard InChI is InChI=1S/C30H34Cl2N2O3/c31-15-17-34(18-16-32)26-12-9-23(10-13-26)5-4-8-30(35)33-27(25-6-2-1-3-7-25)21-24-11-14-28-29(22-24)37-20-19-36-28/h1-3,6-7,9-14,22,27H,4-5,8,15-21H2,(H,33,35)/t27-/m0/s1. The van der Waals surface area contributed by atoms with Gasteiger partial charge in [-0.1, -0.05) is 48.5 Å². The van der Waals surface area contributed by atoms with E-state index in [1.165, 1.54) is 5.56 Å². The van der Waals surface area contributed by atoms with E-state index in [0.29, 0.717) is 37.8 Å². The molecule has 3 aromatic rings. The SMILES string of the molecule is O=C(CCCc1ccc(N(CCCl)CCCl)cc1)N[C@@H](Cc1ccc2c(c1)OCCO2)c1ccccc1. The van der Waals surface area contributed by atoms with Crippen LogP contribution in [0, 0.1) is 0 Å². The highest BCUT2D eigenvalue weighted by Crippen LogP contribution is 2.32. The van der Waals surface area contributed by atoms with Gasteiger partial charge >= 0.3 is 0 Å². The monoisotopic (exact) mass is 540 g/mol. The van der Waals surface area contributed by atoms with Crippen LogP contribution in [0.1, 0.15) is 35.6 Å². The normalized spacial score (nSPS) is 13.1. The summed E-state index contributed by atoms with van der Waals surface area (Å²) in [6.07, 6.45) is 2.77. The van der Waals surface area contributed by atoms with Gasteiger partial charge in [-0.2, -0.15) is 0 Å². The fraction of sp³-hybridized carbons (Fsp3) is 0.367. The van der Waals surface area contributed by atoms with Gasteiger partial charge in [0.15, 0.2) is 11.5 Å². The van der Waals surface area contributed by atoms with E-state index in [4.69, 9.17) is 32.7 Å². The van der Waals surface area contributed by atoms with Gasteiger partial charge in [-0.15, -0.1) is 23.2 Å². The number of ether oxygens (including phenoxy) is 2. The number of benzene rings is 3. The number of nitrogens with zero attached hydrogens (tertiary/aromatic N) is 1. The molecule has 196 valence electrons. The molecule has 1 aliphatic rings. The summed E-state index contributed by atoms with van der Waals surface area (Å²) in [5.74, 6) is 2.72. The first-order valence-electron chi connectivity index (χ1n) is 12.8. The molecule has 0 fully saturated rings. The Morgan fingerprint density at radius 1 is 0.865 bits per heavy atom. The number of carbonyl (C=O) groups excluding carboxylic acids is 1. The third-order valence-corrected chi connectivity index (χ3v) is 6.80. The number of hydrogen-bond acceptors (Lipinski definition) is 4. The minimum Gasteiger partial charge on any atom is -0.486 e. The Labute approximate surface area is 229 Å².